The zero-order valence-electron chi connectivity index (χ0n) is 11.2. The summed E-state index contributed by atoms with van der Waals surface area (Å²) in [6.45, 7) is -0.548. The highest BCUT2D eigenvalue weighted by Crippen LogP contribution is 2.37. The van der Waals surface area contributed by atoms with E-state index in [4.69, 9.17) is 4.74 Å². The van der Waals surface area contributed by atoms with Crippen molar-refractivity contribution in [3.63, 3.8) is 0 Å². The summed E-state index contributed by atoms with van der Waals surface area (Å²) in [4.78, 5) is 1.40. The molecule has 109 valence electrons. The fourth-order valence-electron chi connectivity index (χ4n) is 2.22. The molecule has 1 aliphatic heterocycles. The number of ether oxygens (including phenoxy) is 1. The molecule has 1 aliphatic rings. The molecule has 0 aliphatic carbocycles. The Balaban J connectivity index is 1.76. The maximum absolute atomic E-state index is 13.3. The molecule has 2 nitrogen and oxygen atoms in total. The lowest BCUT2D eigenvalue weighted by Gasteiger charge is -2.41. The Bertz CT molecular complexity index is 623. The number of benzene rings is 2. The molecule has 0 spiro atoms. The van der Waals surface area contributed by atoms with Crippen molar-refractivity contribution in [1.29, 1.82) is 0 Å². The maximum Gasteiger partial charge on any atom is 0.282 e. The van der Waals surface area contributed by atoms with Crippen LogP contribution in [0.25, 0.3) is 0 Å². The van der Waals surface area contributed by atoms with Gasteiger partial charge in [0.2, 0.25) is 0 Å². The van der Waals surface area contributed by atoms with Crippen molar-refractivity contribution < 1.29 is 17.9 Å². The number of hydrogen-bond donors (Lipinski definition) is 0. The fourth-order valence-corrected chi connectivity index (χ4v) is 2.22. The minimum Gasteiger partial charge on any atom is -0.487 e. The lowest BCUT2D eigenvalue weighted by molar-refractivity contribution is -0.0265. The minimum absolute atomic E-state index is 0.289. The SMILES string of the molecule is Fc1[c]cc(OCc2ccccc2)c(N2CC(F)(F)C2)c1. The van der Waals surface area contributed by atoms with Gasteiger partial charge in [-0.1, -0.05) is 30.3 Å². The summed E-state index contributed by atoms with van der Waals surface area (Å²) in [7, 11) is 0. The molecule has 3 rings (SSSR count). The number of halogens is 3. The van der Waals surface area contributed by atoms with Gasteiger partial charge < -0.3 is 9.64 Å². The average Bonchev–Trinajstić information content (AvgIpc) is 2.44. The average molecular weight is 292 g/mol. The Labute approximate surface area is 120 Å². The summed E-state index contributed by atoms with van der Waals surface area (Å²) in [6.07, 6.45) is 0. The predicted octanol–water partition coefficient (Wildman–Crippen LogP) is 3.66. The number of hydrogen-bond acceptors (Lipinski definition) is 2. The third-order valence-corrected chi connectivity index (χ3v) is 3.28. The summed E-state index contributed by atoms with van der Waals surface area (Å²) in [5, 5.41) is 0. The molecular weight excluding hydrogens is 279 g/mol. The van der Waals surface area contributed by atoms with Crippen LogP contribution in [0.1, 0.15) is 5.56 Å². The van der Waals surface area contributed by atoms with Gasteiger partial charge in [-0.15, -0.1) is 0 Å². The van der Waals surface area contributed by atoms with Crippen LogP contribution < -0.4 is 9.64 Å². The second-order valence-corrected chi connectivity index (χ2v) is 5.02. The quantitative estimate of drug-likeness (QED) is 0.852. The minimum atomic E-state index is -2.72. The van der Waals surface area contributed by atoms with Crippen molar-refractivity contribution in [3.05, 3.63) is 59.9 Å². The molecule has 2 aromatic carbocycles. The smallest absolute Gasteiger partial charge is 0.282 e. The van der Waals surface area contributed by atoms with Crippen molar-refractivity contribution in [2.45, 2.75) is 12.5 Å². The Morgan fingerprint density at radius 2 is 1.90 bits per heavy atom. The standard InChI is InChI=1S/C16H13F3NO/c17-13-6-7-15(21-9-12-4-2-1-3-5-12)14(8-13)20-10-16(18,19)11-20/h1-5,7-8H,9-11H2. The van der Waals surface area contributed by atoms with E-state index in [0.717, 1.165) is 5.56 Å². The van der Waals surface area contributed by atoms with E-state index in [1.165, 1.54) is 17.0 Å². The first-order valence-corrected chi connectivity index (χ1v) is 6.54. The van der Waals surface area contributed by atoms with Gasteiger partial charge >= 0.3 is 0 Å². The second-order valence-electron chi connectivity index (χ2n) is 5.02. The van der Waals surface area contributed by atoms with Gasteiger partial charge in [-0.05, 0) is 11.6 Å². The van der Waals surface area contributed by atoms with E-state index < -0.39 is 24.8 Å². The van der Waals surface area contributed by atoms with Crippen LogP contribution in [0.4, 0.5) is 18.9 Å². The van der Waals surface area contributed by atoms with Crippen LogP contribution in [0.15, 0.2) is 42.5 Å². The highest BCUT2D eigenvalue weighted by atomic mass is 19.3. The summed E-state index contributed by atoms with van der Waals surface area (Å²) < 4.78 is 44.9. The molecule has 0 bridgehead atoms. The Kier molecular flexibility index (Phi) is 3.49. The van der Waals surface area contributed by atoms with E-state index in [2.05, 4.69) is 6.07 Å². The number of nitrogens with zero attached hydrogens (tertiary/aromatic N) is 1. The van der Waals surface area contributed by atoms with Crippen molar-refractivity contribution >= 4 is 5.69 Å². The van der Waals surface area contributed by atoms with E-state index >= 15 is 0 Å². The van der Waals surface area contributed by atoms with Crippen molar-refractivity contribution in [3.8, 4) is 5.75 Å². The third kappa shape index (κ3) is 3.12. The zero-order valence-corrected chi connectivity index (χ0v) is 11.2. The Morgan fingerprint density at radius 3 is 2.57 bits per heavy atom. The van der Waals surface area contributed by atoms with Crippen LogP contribution in [-0.2, 0) is 6.61 Å². The van der Waals surface area contributed by atoms with Crippen LogP contribution >= 0.6 is 0 Å². The number of alkyl halides is 2. The second kappa shape index (κ2) is 5.31. The van der Waals surface area contributed by atoms with Gasteiger partial charge in [-0.25, -0.2) is 13.2 Å². The van der Waals surface area contributed by atoms with Gasteiger partial charge in [-0.2, -0.15) is 0 Å². The zero-order chi connectivity index (χ0) is 14.9. The van der Waals surface area contributed by atoms with Crippen LogP contribution in [-0.4, -0.2) is 19.0 Å². The van der Waals surface area contributed by atoms with Gasteiger partial charge in [0.05, 0.1) is 18.8 Å². The molecule has 1 saturated heterocycles. The van der Waals surface area contributed by atoms with E-state index in [0.29, 0.717) is 11.4 Å². The molecule has 5 heteroatoms. The van der Waals surface area contributed by atoms with Crippen molar-refractivity contribution in [1.82, 2.24) is 0 Å². The highest BCUT2D eigenvalue weighted by Gasteiger charge is 2.44. The van der Waals surface area contributed by atoms with Gasteiger partial charge in [0.1, 0.15) is 18.2 Å². The molecule has 1 radical (unpaired) electrons. The molecule has 21 heavy (non-hydrogen) atoms. The summed E-state index contributed by atoms with van der Waals surface area (Å²) in [5.41, 5.74) is 1.29. The normalized spacial score (nSPS) is 16.4. The van der Waals surface area contributed by atoms with Gasteiger partial charge in [0, 0.05) is 12.1 Å². The van der Waals surface area contributed by atoms with Crippen molar-refractivity contribution in [2.24, 2.45) is 0 Å². The highest BCUT2D eigenvalue weighted by molar-refractivity contribution is 5.60. The molecule has 0 saturated carbocycles. The molecular formula is C16H13F3NO. The lowest BCUT2D eigenvalue weighted by Crippen LogP contribution is -2.56. The van der Waals surface area contributed by atoms with E-state index in [9.17, 15) is 13.2 Å². The van der Waals surface area contributed by atoms with E-state index in [1.54, 1.807) is 0 Å². The van der Waals surface area contributed by atoms with Crippen LogP contribution in [0.2, 0.25) is 0 Å². The number of rotatable bonds is 4. The maximum atomic E-state index is 13.3. The molecule has 0 atom stereocenters. The summed E-state index contributed by atoms with van der Waals surface area (Å²) in [5.74, 6) is -2.95. The molecule has 0 unspecified atom stereocenters. The molecule has 1 heterocycles. The first-order chi connectivity index (χ1) is 10.0. The predicted molar refractivity (Wildman–Crippen MR) is 73.2 cm³/mol. The Morgan fingerprint density at radius 1 is 1.19 bits per heavy atom. The fraction of sp³-hybridized carbons (Fsp3) is 0.250. The van der Waals surface area contributed by atoms with Gasteiger partial charge in [-0.3, -0.25) is 0 Å². The molecule has 2 aromatic rings. The molecule has 1 fully saturated rings. The Hall–Kier alpha value is -2.17. The van der Waals surface area contributed by atoms with Crippen LogP contribution in [0.3, 0.4) is 0 Å². The third-order valence-electron chi connectivity index (χ3n) is 3.28. The molecule has 0 aromatic heterocycles. The van der Waals surface area contributed by atoms with Crippen LogP contribution in [0.5, 0.6) is 5.75 Å². The van der Waals surface area contributed by atoms with Crippen LogP contribution in [0, 0.1) is 11.9 Å². The number of anilines is 1. The topological polar surface area (TPSA) is 12.5 Å². The van der Waals surface area contributed by atoms with Crippen molar-refractivity contribution in [2.75, 3.05) is 18.0 Å². The molecule has 0 N–H and O–H groups in total. The first-order valence-electron chi connectivity index (χ1n) is 6.54. The summed E-state index contributed by atoms with van der Waals surface area (Å²) in [6, 6.07) is 14.4. The molecule has 0 amide bonds. The van der Waals surface area contributed by atoms with E-state index in [1.807, 2.05) is 30.3 Å². The first kappa shape index (κ1) is 13.8. The summed E-state index contributed by atoms with van der Waals surface area (Å²) >= 11 is 0. The van der Waals surface area contributed by atoms with Gasteiger partial charge in [0.15, 0.2) is 0 Å². The monoisotopic (exact) mass is 292 g/mol. The largest absolute Gasteiger partial charge is 0.487 e. The van der Waals surface area contributed by atoms with E-state index in [-0.39, 0.29) is 6.61 Å². The lowest BCUT2D eigenvalue weighted by atomic mass is 10.1. The van der Waals surface area contributed by atoms with Gasteiger partial charge in [0.25, 0.3) is 5.92 Å².